The average Bonchev–Trinajstić information content (AvgIpc) is 3.30. The first kappa shape index (κ1) is 16.7. The largest absolute Gasteiger partial charge is 0.375 e. The van der Waals surface area contributed by atoms with E-state index in [-0.39, 0.29) is 5.91 Å². The number of nitrogens with zero attached hydrogens (tertiary/aromatic N) is 1. The Kier molecular flexibility index (Phi) is 6.13. The number of hydrogen-bond acceptors (Lipinski definition) is 3. The van der Waals surface area contributed by atoms with Crippen molar-refractivity contribution < 1.29 is 4.79 Å². The predicted molar refractivity (Wildman–Crippen MR) is 95.6 cm³/mol. The summed E-state index contributed by atoms with van der Waals surface area (Å²) in [6.45, 7) is 4.90. The lowest BCUT2D eigenvalue weighted by Gasteiger charge is -2.19. The number of hydrogen-bond donors (Lipinski definition) is 2. The Hall–Kier alpha value is -1.68. The molecule has 1 heterocycles. The van der Waals surface area contributed by atoms with E-state index in [2.05, 4.69) is 41.6 Å². The SMILES string of the molecule is C=C1/C=C\C=C/C/C=C(/C=C(\S)C(=O)NC2CC2)CCN1C. The molecule has 0 saturated heterocycles. The van der Waals surface area contributed by atoms with Crippen LogP contribution in [0.25, 0.3) is 0 Å². The maximum atomic E-state index is 12.0. The van der Waals surface area contributed by atoms with Crippen LogP contribution in [0.15, 0.2) is 59.2 Å². The third kappa shape index (κ3) is 5.60. The third-order valence-electron chi connectivity index (χ3n) is 3.75. The lowest BCUT2D eigenvalue weighted by atomic mass is 10.1. The van der Waals surface area contributed by atoms with Crippen LogP contribution in [-0.4, -0.2) is 30.4 Å². The molecule has 1 aliphatic heterocycles. The Morgan fingerprint density at radius 3 is 2.95 bits per heavy atom. The quantitative estimate of drug-likeness (QED) is 0.618. The van der Waals surface area contributed by atoms with Crippen LogP contribution in [0.1, 0.15) is 25.7 Å². The minimum absolute atomic E-state index is 0.0731. The molecule has 0 aromatic rings. The summed E-state index contributed by atoms with van der Waals surface area (Å²) in [7, 11) is 2.02. The minimum atomic E-state index is -0.0731. The molecular formula is C18H24N2OS. The van der Waals surface area contributed by atoms with Gasteiger partial charge in [-0.05, 0) is 43.4 Å². The van der Waals surface area contributed by atoms with Crippen molar-refractivity contribution in [2.75, 3.05) is 13.6 Å². The van der Waals surface area contributed by atoms with Crippen molar-refractivity contribution in [3.05, 3.63) is 59.2 Å². The molecule has 118 valence electrons. The van der Waals surface area contributed by atoms with Crippen molar-refractivity contribution in [2.24, 2.45) is 0 Å². The lowest BCUT2D eigenvalue weighted by molar-refractivity contribution is -0.116. The fraction of sp³-hybridized carbons (Fsp3) is 0.389. The van der Waals surface area contributed by atoms with Crippen molar-refractivity contribution in [1.82, 2.24) is 10.2 Å². The van der Waals surface area contributed by atoms with Gasteiger partial charge < -0.3 is 10.2 Å². The van der Waals surface area contributed by atoms with Gasteiger partial charge in [-0.3, -0.25) is 4.79 Å². The first-order valence-electron chi connectivity index (χ1n) is 7.70. The topological polar surface area (TPSA) is 32.3 Å². The highest BCUT2D eigenvalue weighted by molar-refractivity contribution is 7.85. The van der Waals surface area contributed by atoms with Crippen LogP contribution < -0.4 is 5.32 Å². The Bertz CT molecular complexity index is 553. The molecule has 0 unspecified atom stereocenters. The van der Waals surface area contributed by atoms with Gasteiger partial charge in [-0.2, -0.15) is 0 Å². The van der Waals surface area contributed by atoms with E-state index >= 15 is 0 Å². The molecule has 1 fully saturated rings. The Balaban J connectivity index is 2.05. The Labute approximate surface area is 138 Å². The predicted octanol–water partition coefficient (Wildman–Crippen LogP) is 3.36. The number of rotatable bonds is 3. The van der Waals surface area contributed by atoms with Gasteiger partial charge in [-0.1, -0.05) is 30.9 Å². The molecule has 1 aliphatic carbocycles. The van der Waals surface area contributed by atoms with Crippen LogP contribution in [0.2, 0.25) is 0 Å². The van der Waals surface area contributed by atoms with E-state index in [0.29, 0.717) is 10.9 Å². The van der Waals surface area contributed by atoms with Crippen molar-refractivity contribution in [2.45, 2.75) is 31.7 Å². The van der Waals surface area contributed by atoms with E-state index in [1.54, 1.807) is 0 Å². The number of amides is 1. The summed E-state index contributed by atoms with van der Waals surface area (Å²) in [5.74, 6) is -0.0731. The van der Waals surface area contributed by atoms with Gasteiger partial charge in [0.15, 0.2) is 0 Å². The van der Waals surface area contributed by atoms with Crippen LogP contribution in [0.3, 0.4) is 0 Å². The highest BCUT2D eigenvalue weighted by Crippen LogP contribution is 2.20. The monoisotopic (exact) mass is 316 g/mol. The molecule has 1 amide bonds. The van der Waals surface area contributed by atoms with Crippen molar-refractivity contribution in [1.29, 1.82) is 0 Å². The summed E-state index contributed by atoms with van der Waals surface area (Å²) in [4.78, 5) is 14.6. The van der Waals surface area contributed by atoms with E-state index in [1.165, 1.54) is 0 Å². The first-order valence-corrected chi connectivity index (χ1v) is 8.15. The fourth-order valence-corrected chi connectivity index (χ4v) is 2.30. The second-order valence-corrected chi connectivity index (χ2v) is 6.22. The van der Waals surface area contributed by atoms with E-state index in [1.807, 2.05) is 31.4 Å². The van der Waals surface area contributed by atoms with Crippen molar-refractivity contribution in [3.8, 4) is 0 Å². The molecule has 0 bridgehead atoms. The molecule has 1 N–H and O–H groups in total. The molecular weight excluding hydrogens is 292 g/mol. The van der Waals surface area contributed by atoms with Crippen LogP contribution in [0.5, 0.6) is 0 Å². The molecule has 0 spiro atoms. The summed E-state index contributed by atoms with van der Waals surface area (Å²) >= 11 is 4.36. The molecule has 4 heteroatoms. The molecule has 2 aliphatic rings. The second kappa shape index (κ2) is 8.08. The number of carbonyl (C=O) groups excluding carboxylic acids is 1. The molecule has 2 rings (SSSR count). The van der Waals surface area contributed by atoms with Crippen molar-refractivity contribution in [3.63, 3.8) is 0 Å². The number of carbonyl (C=O) groups is 1. The molecule has 22 heavy (non-hydrogen) atoms. The van der Waals surface area contributed by atoms with Crippen LogP contribution in [0, 0.1) is 0 Å². The number of thiol groups is 1. The Morgan fingerprint density at radius 1 is 1.45 bits per heavy atom. The molecule has 0 aromatic heterocycles. The summed E-state index contributed by atoms with van der Waals surface area (Å²) in [6, 6.07) is 0.355. The standard InChI is InChI=1S/C18H24N2OS/c1-14-7-5-3-4-6-8-15(11-12-20(14)2)13-17(22)18(21)19-16-9-10-16/h3-5,7-8,13,16,22H,1,6,9-12H2,2H3,(H,19,21)/b4-3-,7-5-,15-8+,17-13-. The van der Waals surface area contributed by atoms with E-state index < -0.39 is 0 Å². The van der Waals surface area contributed by atoms with Gasteiger partial charge in [-0.25, -0.2) is 0 Å². The normalized spacial score (nSPS) is 25.7. The highest BCUT2D eigenvalue weighted by Gasteiger charge is 2.23. The van der Waals surface area contributed by atoms with E-state index in [0.717, 1.165) is 43.5 Å². The molecule has 0 atom stereocenters. The molecule has 3 nitrogen and oxygen atoms in total. The van der Waals surface area contributed by atoms with Gasteiger partial charge in [0.05, 0.1) is 4.91 Å². The maximum absolute atomic E-state index is 12.0. The van der Waals surface area contributed by atoms with Gasteiger partial charge in [0.25, 0.3) is 5.91 Å². The first-order chi connectivity index (χ1) is 10.6. The summed E-state index contributed by atoms with van der Waals surface area (Å²) in [6.07, 6.45) is 16.0. The van der Waals surface area contributed by atoms with Crippen molar-refractivity contribution >= 4 is 18.5 Å². The number of allylic oxidation sites excluding steroid dienone is 6. The summed E-state index contributed by atoms with van der Waals surface area (Å²) in [5, 5.41) is 2.96. The summed E-state index contributed by atoms with van der Waals surface area (Å²) in [5.41, 5.74) is 2.11. The highest BCUT2D eigenvalue weighted by atomic mass is 32.1. The fourth-order valence-electron chi connectivity index (χ4n) is 2.07. The third-order valence-corrected chi connectivity index (χ3v) is 4.08. The average molecular weight is 316 g/mol. The second-order valence-electron chi connectivity index (χ2n) is 5.74. The van der Waals surface area contributed by atoms with Crippen LogP contribution in [0.4, 0.5) is 0 Å². The summed E-state index contributed by atoms with van der Waals surface area (Å²) < 4.78 is 0. The number of likely N-dealkylation sites (N-methyl/N-ethyl adjacent to an activating group) is 1. The van der Waals surface area contributed by atoms with Gasteiger partial charge in [0.1, 0.15) is 0 Å². The maximum Gasteiger partial charge on any atom is 0.257 e. The van der Waals surface area contributed by atoms with Crippen LogP contribution in [-0.2, 0) is 4.79 Å². The molecule has 1 saturated carbocycles. The zero-order valence-electron chi connectivity index (χ0n) is 13.1. The zero-order valence-corrected chi connectivity index (χ0v) is 14.0. The van der Waals surface area contributed by atoms with Gasteiger partial charge >= 0.3 is 0 Å². The number of nitrogens with one attached hydrogen (secondary N) is 1. The van der Waals surface area contributed by atoms with E-state index in [9.17, 15) is 4.79 Å². The van der Waals surface area contributed by atoms with Gasteiger partial charge in [0.2, 0.25) is 0 Å². The minimum Gasteiger partial charge on any atom is -0.375 e. The van der Waals surface area contributed by atoms with Gasteiger partial charge in [-0.15, -0.1) is 12.6 Å². The Morgan fingerprint density at radius 2 is 2.23 bits per heavy atom. The van der Waals surface area contributed by atoms with Gasteiger partial charge in [0, 0.05) is 25.3 Å². The van der Waals surface area contributed by atoms with E-state index in [4.69, 9.17) is 0 Å². The zero-order chi connectivity index (χ0) is 15.9. The van der Waals surface area contributed by atoms with Crippen LogP contribution >= 0.6 is 12.6 Å². The lowest BCUT2D eigenvalue weighted by Crippen LogP contribution is -2.25. The molecule has 0 aromatic carbocycles. The molecule has 0 radical (unpaired) electrons. The smallest absolute Gasteiger partial charge is 0.257 e.